The molecule has 0 spiro atoms. The standard InChI is InChI=1S/C12H16N2.C10H8N2O3S.2BrH/c1-2-4-10(5-3-1)8-14-9-11-6-12(14)7-13-11;13-8-6-4-2-1-3-5(4)16-9(6)12-7(11-8)10(14)15;;/h1-5,11-13H,6-9H2;1-3H2,(H,14,15)(H,11,12,13);2*1H/t11-,12-;;;/m0.../s1. The molecule has 10 heteroatoms. The third kappa shape index (κ3) is 4.99. The first-order chi connectivity index (χ1) is 14.6. The van der Waals surface area contributed by atoms with E-state index in [1.165, 1.54) is 41.3 Å². The number of benzene rings is 1. The van der Waals surface area contributed by atoms with Crippen LogP contribution in [0.3, 0.4) is 0 Å². The normalized spacial score (nSPS) is 20.8. The minimum Gasteiger partial charge on any atom is -0.475 e. The van der Waals surface area contributed by atoms with Crippen molar-refractivity contribution in [3.05, 3.63) is 62.5 Å². The van der Waals surface area contributed by atoms with Crippen LogP contribution in [0.25, 0.3) is 10.2 Å². The fourth-order valence-electron chi connectivity index (χ4n) is 4.76. The quantitative estimate of drug-likeness (QED) is 0.435. The molecule has 1 aliphatic carbocycles. The van der Waals surface area contributed by atoms with E-state index in [1.807, 2.05) is 0 Å². The molecule has 0 radical (unpaired) electrons. The van der Waals surface area contributed by atoms with Crippen LogP contribution >= 0.6 is 45.3 Å². The van der Waals surface area contributed by atoms with E-state index in [0.717, 1.165) is 43.5 Å². The Kier molecular flexibility index (Phi) is 8.26. The highest BCUT2D eigenvalue weighted by molar-refractivity contribution is 8.93. The first kappa shape index (κ1) is 25.0. The number of rotatable bonds is 3. The van der Waals surface area contributed by atoms with Crippen molar-refractivity contribution in [3.63, 3.8) is 0 Å². The van der Waals surface area contributed by atoms with Gasteiger partial charge in [0.05, 0.1) is 5.39 Å². The Morgan fingerprint density at radius 2 is 2.00 bits per heavy atom. The maximum Gasteiger partial charge on any atom is 0.372 e. The Morgan fingerprint density at radius 3 is 2.66 bits per heavy atom. The SMILES string of the molecule is Br.Br.O=C(O)c1nc2sc3c(c2c(=O)[nH]1)CCC3.c1ccc(CN2C[C@@H]3C[C@H]2CN3)cc1. The second-order valence-corrected chi connectivity index (χ2v) is 9.25. The molecule has 3 N–H and O–H groups in total. The van der Waals surface area contributed by atoms with Crippen molar-refractivity contribution >= 4 is 61.5 Å². The zero-order valence-corrected chi connectivity index (χ0v) is 21.6. The smallest absolute Gasteiger partial charge is 0.372 e. The molecule has 1 aromatic carbocycles. The number of carboxylic acid groups (broad SMARTS) is 1. The maximum atomic E-state index is 11.8. The number of hydrogen-bond acceptors (Lipinski definition) is 6. The molecular formula is C22H26Br2N4O3S. The number of likely N-dealkylation sites (tertiary alicyclic amines) is 1. The molecular weight excluding hydrogens is 560 g/mol. The lowest BCUT2D eigenvalue weighted by Crippen LogP contribution is -2.42. The zero-order valence-electron chi connectivity index (χ0n) is 17.4. The van der Waals surface area contributed by atoms with Crippen LogP contribution in [-0.2, 0) is 19.4 Å². The van der Waals surface area contributed by atoms with Crippen molar-refractivity contribution in [3.8, 4) is 0 Å². The van der Waals surface area contributed by atoms with E-state index >= 15 is 0 Å². The van der Waals surface area contributed by atoms with E-state index in [-0.39, 0.29) is 45.3 Å². The monoisotopic (exact) mass is 584 g/mol. The van der Waals surface area contributed by atoms with Gasteiger partial charge in [0.15, 0.2) is 0 Å². The van der Waals surface area contributed by atoms with E-state index in [9.17, 15) is 9.59 Å². The van der Waals surface area contributed by atoms with Gasteiger partial charge in [-0.25, -0.2) is 9.78 Å². The summed E-state index contributed by atoms with van der Waals surface area (Å²) in [5.74, 6) is -1.48. The maximum absolute atomic E-state index is 11.8. The average molecular weight is 586 g/mol. The molecule has 2 bridgehead atoms. The van der Waals surface area contributed by atoms with Crippen LogP contribution in [0.2, 0.25) is 0 Å². The van der Waals surface area contributed by atoms with Crippen LogP contribution in [0, 0.1) is 0 Å². The molecule has 0 amide bonds. The largest absolute Gasteiger partial charge is 0.475 e. The van der Waals surface area contributed by atoms with Crippen molar-refractivity contribution < 1.29 is 9.90 Å². The number of aromatic carboxylic acids is 1. The van der Waals surface area contributed by atoms with Crippen molar-refractivity contribution in [2.24, 2.45) is 0 Å². The van der Waals surface area contributed by atoms with Gasteiger partial charge in [0, 0.05) is 36.6 Å². The Hall–Kier alpha value is -1.59. The third-order valence-electron chi connectivity index (χ3n) is 6.18. The fraction of sp³-hybridized carbons (Fsp3) is 0.409. The van der Waals surface area contributed by atoms with E-state index in [1.54, 1.807) is 0 Å². The number of nitrogens with one attached hydrogen (secondary N) is 2. The first-order valence-corrected chi connectivity index (χ1v) is 11.2. The van der Waals surface area contributed by atoms with Gasteiger partial charge in [-0.15, -0.1) is 45.3 Å². The number of H-pyrrole nitrogens is 1. The Labute approximate surface area is 210 Å². The second-order valence-electron chi connectivity index (χ2n) is 8.17. The lowest BCUT2D eigenvalue weighted by atomic mass is 10.2. The average Bonchev–Trinajstić information content (AvgIpc) is 3.50. The number of halogens is 2. The Morgan fingerprint density at radius 1 is 1.22 bits per heavy atom. The summed E-state index contributed by atoms with van der Waals surface area (Å²) in [4.78, 5) is 33.1. The fourth-order valence-corrected chi connectivity index (χ4v) is 6.02. The number of piperazine rings is 1. The van der Waals surface area contributed by atoms with Crippen molar-refractivity contribution in [1.29, 1.82) is 0 Å². The summed E-state index contributed by atoms with van der Waals surface area (Å²) < 4.78 is 0. The number of carbonyl (C=O) groups is 1. The van der Waals surface area contributed by atoms with Crippen molar-refractivity contribution in [2.45, 2.75) is 44.3 Å². The third-order valence-corrected chi connectivity index (χ3v) is 7.36. The van der Waals surface area contributed by atoms with Gasteiger partial charge in [-0.3, -0.25) is 9.69 Å². The van der Waals surface area contributed by atoms with Crippen LogP contribution in [-0.4, -0.2) is 51.1 Å². The molecule has 32 heavy (non-hydrogen) atoms. The molecule has 6 rings (SSSR count). The number of hydrogen-bond donors (Lipinski definition) is 3. The molecule has 4 heterocycles. The number of aromatic nitrogens is 2. The number of aromatic amines is 1. The summed E-state index contributed by atoms with van der Waals surface area (Å²) >= 11 is 1.44. The molecule has 2 atom stereocenters. The molecule has 7 nitrogen and oxygen atoms in total. The highest BCUT2D eigenvalue weighted by Gasteiger charge is 2.37. The van der Waals surface area contributed by atoms with Gasteiger partial charge in [-0.1, -0.05) is 30.3 Å². The van der Waals surface area contributed by atoms with E-state index in [4.69, 9.17) is 5.11 Å². The number of thiophene rings is 1. The van der Waals surface area contributed by atoms with E-state index in [0.29, 0.717) is 10.2 Å². The molecule has 2 fully saturated rings. The van der Waals surface area contributed by atoms with Crippen LogP contribution < -0.4 is 10.9 Å². The predicted octanol–water partition coefficient (Wildman–Crippen LogP) is 3.56. The van der Waals surface area contributed by atoms with Crippen LogP contribution in [0.15, 0.2) is 35.1 Å². The zero-order chi connectivity index (χ0) is 20.7. The Bertz CT molecular complexity index is 1150. The number of aryl methyl sites for hydroxylation is 2. The molecule has 2 aromatic heterocycles. The van der Waals surface area contributed by atoms with Crippen LogP contribution in [0.1, 0.15) is 39.5 Å². The lowest BCUT2D eigenvalue weighted by molar-refractivity contribution is 0.0683. The van der Waals surface area contributed by atoms with Gasteiger partial charge in [0.2, 0.25) is 5.82 Å². The topological polar surface area (TPSA) is 98.3 Å². The number of carboxylic acids is 1. The molecule has 172 valence electrons. The molecule has 2 saturated heterocycles. The molecule has 0 unspecified atom stereocenters. The first-order valence-electron chi connectivity index (χ1n) is 10.4. The predicted molar refractivity (Wildman–Crippen MR) is 137 cm³/mol. The van der Waals surface area contributed by atoms with E-state index in [2.05, 4.69) is 50.5 Å². The summed E-state index contributed by atoms with van der Waals surface area (Å²) in [6, 6.07) is 12.3. The molecule has 2 aliphatic heterocycles. The molecule has 3 aliphatic rings. The van der Waals surface area contributed by atoms with Gasteiger partial charge in [-0.05, 0) is 36.8 Å². The van der Waals surface area contributed by atoms with Gasteiger partial charge in [0.25, 0.3) is 5.56 Å². The summed E-state index contributed by atoms with van der Waals surface area (Å²) in [6.45, 7) is 3.56. The van der Waals surface area contributed by atoms with Crippen molar-refractivity contribution in [1.82, 2.24) is 20.2 Å². The van der Waals surface area contributed by atoms with Gasteiger partial charge < -0.3 is 15.4 Å². The minimum absolute atomic E-state index is 0. The summed E-state index contributed by atoms with van der Waals surface area (Å²) in [5, 5.41) is 12.9. The summed E-state index contributed by atoms with van der Waals surface area (Å²) in [5.41, 5.74) is 2.17. The highest BCUT2D eigenvalue weighted by Crippen LogP contribution is 2.34. The second kappa shape index (κ2) is 10.6. The van der Waals surface area contributed by atoms with Gasteiger partial charge in [-0.2, -0.15) is 0 Å². The minimum atomic E-state index is -1.20. The van der Waals surface area contributed by atoms with Crippen LogP contribution in [0.5, 0.6) is 0 Å². The summed E-state index contributed by atoms with van der Waals surface area (Å²) in [6.07, 6.45) is 4.29. The van der Waals surface area contributed by atoms with Crippen LogP contribution in [0.4, 0.5) is 0 Å². The molecule has 0 saturated carbocycles. The number of nitrogens with zero attached hydrogens (tertiary/aromatic N) is 2. The van der Waals surface area contributed by atoms with E-state index < -0.39 is 5.97 Å². The van der Waals surface area contributed by atoms with Crippen molar-refractivity contribution in [2.75, 3.05) is 13.1 Å². The lowest BCUT2D eigenvalue weighted by Gasteiger charge is -2.27. The Balaban J connectivity index is 0.000000171. The van der Waals surface area contributed by atoms with Gasteiger partial charge in [0.1, 0.15) is 4.83 Å². The number of fused-ring (bicyclic) bond motifs is 5. The van der Waals surface area contributed by atoms with Gasteiger partial charge >= 0.3 is 5.97 Å². The molecule has 3 aromatic rings. The highest BCUT2D eigenvalue weighted by atomic mass is 79.9. The summed E-state index contributed by atoms with van der Waals surface area (Å²) in [7, 11) is 0.